The van der Waals surface area contributed by atoms with Crippen LogP contribution in [0.4, 0.5) is 0 Å². The Kier molecular flexibility index (Phi) is 4.57. The molecule has 1 amide bonds. The molecular weight excluding hydrogens is 371 g/mol. The molecule has 6 heteroatoms. The first-order chi connectivity index (χ1) is 12.5. The Balaban J connectivity index is 1.39. The number of amides is 1. The van der Waals surface area contributed by atoms with E-state index in [0.29, 0.717) is 27.5 Å². The van der Waals surface area contributed by atoms with Crippen LogP contribution in [0.3, 0.4) is 0 Å². The predicted octanol–water partition coefficient (Wildman–Crippen LogP) is 5.53. The van der Waals surface area contributed by atoms with Gasteiger partial charge in [-0.3, -0.25) is 4.79 Å². The second kappa shape index (κ2) is 6.75. The number of nitrogens with one attached hydrogen (secondary N) is 1. The van der Waals surface area contributed by atoms with Crippen LogP contribution in [0.25, 0.3) is 11.3 Å². The van der Waals surface area contributed by atoms with Gasteiger partial charge >= 0.3 is 0 Å². The first kappa shape index (κ1) is 17.6. The molecule has 0 radical (unpaired) electrons. The van der Waals surface area contributed by atoms with E-state index in [1.54, 1.807) is 18.2 Å². The maximum absolute atomic E-state index is 12.4. The highest BCUT2D eigenvalue weighted by Gasteiger charge is 2.64. The summed E-state index contributed by atoms with van der Waals surface area (Å²) in [6.45, 7) is 2.22. The number of hydrogen-bond donors (Lipinski definition) is 1. The number of rotatable bonds is 4. The van der Waals surface area contributed by atoms with Gasteiger partial charge in [-0.1, -0.05) is 43.0 Å². The Morgan fingerprint density at radius 3 is 2.88 bits per heavy atom. The number of furan rings is 1. The predicted molar refractivity (Wildman–Crippen MR) is 103 cm³/mol. The summed E-state index contributed by atoms with van der Waals surface area (Å²) in [6, 6.07) is 8.84. The number of hydrazone groups is 1. The molecule has 3 atom stereocenters. The first-order valence-electron chi connectivity index (χ1n) is 8.87. The molecule has 2 aliphatic rings. The summed E-state index contributed by atoms with van der Waals surface area (Å²) in [5.41, 5.74) is 3.61. The van der Waals surface area contributed by atoms with Gasteiger partial charge in [0.2, 0.25) is 5.91 Å². The summed E-state index contributed by atoms with van der Waals surface area (Å²) in [4.78, 5) is 12.4. The first-order valence-corrected chi connectivity index (χ1v) is 9.63. The molecule has 4 nitrogen and oxygen atoms in total. The third kappa shape index (κ3) is 3.17. The topological polar surface area (TPSA) is 54.6 Å². The molecule has 26 heavy (non-hydrogen) atoms. The van der Waals surface area contributed by atoms with Crippen molar-refractivity contribution < 1.29 is 9.21 Å². The Morgan fingerprint density at radius 2 is 2.15 bits per heavy atom. The number of hydrogen-bond acceptors (Lipinski definition) is 3. The van der Waals surface area contributed by atoms with Gasteiger partial charge in [-0.25, -0.2) is 5.43 Å². The highest BCUT2D eigenvalue weighted by Crippen LogP contribution is 2.66. The van der Waals surface area contributed by atoms with Crippen molar-refractivity contribution in [2.24, 2.45) is 22.4 Å². The van der Waals surface area contributed by atoms with Gasteiger partial charge in [0, 0.05) is 16.5 Å². The van der Waals surface area contributed by atoms with E-state index in [4.69, 9.17) is 27.6 Å². The van der Waals surface area contributed by atoms with Gasteiger partial charge in [0.25, 0.3) is 0 Å². The van der Waals surface area contributed by atoms with Crippen molar-refractivity contribution >= 4 is 35.3 Å². The van der Waals surface area contributed by atoms with Crippen LogP contribution in [0.15, 0.2) is 39.9 Å². The number of nitrogens with zero attached hydrogens (tertiary/aromatic N) is 1. The molecule has 0 aliphatic heterocycles. The van der Waals surface area contributed by atoms with Crippen LogP contribution in [0.5, 0.6) is 0 Å². The number of halogens is 2. The summed E-state index contributed by atoms with van der Waals surface area (Å²) in [7, 11) is 0. The lowest BCUT2D eigenvalue weighted by atomic mass is 9.90. The lowest BCUT2D eigenvalue weighted by Crippen LogP contribution is -2.22. The SMILES string of the molecule is C[C@]12CCCC[C@H]1[C@H]2C(=O)N/N=C\c1ccc(-c2ccc(Cl)cc2Cl)o1. The molecule has 0 unspecified atom stereocenters. The standard InChI is InChI=1S/C20H20Cl2N2O2/c1-20-9-3-2-4-15(20)18(20)19(25)24-23-11-13-6-8-17(26-13)14-7-5-12(21)10-16(14)22/h5-8,10-11,15,18H,2-4,9H2,1H3,(H,24,25)/b23-11-/t15-,18-,20-/m0/s1. The summed E-state index contributed by atoms with van der Waals surface area (Å²) >= 11 is 12.1. The van der Waals surface area contributed by atoms with Crippen molar-refractivity contribution in [1.82, 2.24) is 5.43 Å². The quantitative estimate of drug-likeness (QED) is 0.550. The number of fused-ring (bicyclic) bond motifs is 1. The van der Waals surface area contributed by atoms with E-state index >= 15 is 0 Å². The van der Waals surface area contributed by atoms with Crippen LogP contribution >= 0.6 is 23.2 Å². The fourth-order valence-corrected chi connectivity index (χ4v) is 4.84. The van der Waals surface area contributed by atoms with Gasteiger partial charge in [-0.15, -0.1) is 0 Å². The minimum Gasteiger partial charge on any atom is -0.455 e. The summed E-state index contributed by atoms with van der Waals surface area (Å²) in [5, 5.41) is 5.16. The molecule has 1 aromatic heterocycles. The average Bonchev–Trinajstić information content (AvgIpc) is 2.97. The van der Waals surface area contributed by atoms with Crippen LogP contribution in [-0.2, 0) is 4.79 Å². The molecule has 2 fully saturated rings. The Morgan fingerprint density at radius 1 is 1.31 bits per heavy atom. The second-order valence-corrected chi connectivity index (χ2v) is 8.24. The fourth-order valence-electron chi connectivity index (χ4n) is 4.34. The van der Waals surface area contributed by atoms with E-state index in [9.17, 15) is 4.79 Å². The molecule has 1 aromatic carbocycles. The lowest BCUT2D eigenvalue weighted by Gasteiger charge is -2.15. The highest BCUT2D eigenvalue weighted by molar-refractivity contribution is 6.36. The highest BCUT2D eigenvalue weighted by atomic mass is 35.5. The van der Waals surface area contributed by atoms with E-state index in [1.807, 2.05) is 12.1 Å². The lowest BCUT2D eigenvalue weighted by molar-refractivity contribution is -0.123. The smallest absolute Gasteiger partial charge is 0.244 e. The third-order valence-corrected chi connectivity index (χ3v) is 6.35. The van der Waals surface area contributed by atoms with Crippen LogP contribution in [0, 0.1) is 17.3 Å². The fraction of sp³-hybridized carbons (Fsp3) is 0.400. The molecule has 1 N–H and O–H groups in total. The third-order valence-electron chi connectivity index (χ3n) is 5.80. The molecule has 4 rings (SSSR count). The molecule has 0 spiro atoms. The molecule has 2 aromatic rings. The van der Waals surface area contributed by atoms with E-state index < -0.39 is 0 Å². The van der Waals surface area contributed by atoms with E-state index in [-0.39, 0.29) is 17.2 Å². The van der Waals surface area contributed by atoms with Crippen molar-refractivity contribution in [2.45, 2.75) is 32.6 Å². The number of carbonyl (C=O) groups is 1. The largest absolute Gasteiger partial charge is 0.455 e. The van der Waals surface area contributed by atoms with Crippen LogP contribution in [-0.4, -0.2) is 12.1 Å². The van der Waals surface area contributed by atoms with Crippen molar-refractivity contribution in [3.8, 4) is 11.3 Å². The zero-order chi connectivity index (χ0) is 18.3. The van der Waals surface area contributed by atoms with E-state index in [0.717, 1.165) is 18.4 Å². The van der Waals surface area contributed by atoms with Crippen LogP contribution in [0.1, 0.15) is 38.4 Å². The van der Waals surface area contributed by atoms with E-state index in [1.165, 1.54) is 19.1 Å². The van der Waals surface area contributed by atoms with Gasteiger partial charge < -0.3 is 4.42 Å². The number of carbonyl (C=O) groups excluding carboxylic acids is 1. The molecule has 0 saturated heterocycles. The van der Waals surface area contributed by atoms with Crippen molar-refractivity contribution in [2.75, 3.05) is 0 Å². The maximum atomic E-state index is 12.4. The van der Waals surface area contributed by atoms with Crippen molar-refractivity contribution in [1.29, 1.82) is 0 Å². The zero-order valence-corrected chi connectivity index (χ0v) is 16.0. The minimum absolute atomic E-state index is 0.0168. The maximum Gasteiger partial charge on any atom is 0.244 e. The summed E-state index contributed by atoms with van der Waals surface area (Å²) < 4.78 is 5.73. The van der Waals surface area contributed by atoms with Gasteiger partial charge in [0.1, 0.15) is 11.5 Å². The minimum atomic E-state index is 0.0168. The summed E-state index contributed by atoms with van der Waals surface area (Å²) in [5.74, 6) is 1.81. The molecule has 1 heterocycles. The van der Waals surface area contributed by atoms with Gasteiger partial charge in [-0.05, 0) is 54.5 Å². The molecule has 0 bridgehead atoms. The number of benzene rings is 1. The Hall–Kier alpha value is -1.78. The van der Waals surface area contributed by atoms with Crippen LogP contribution < -0.4 is 5.43 Å². The normalized spacial score (nSPS) is 27.3. The Labute approximate surface area is 162 Å². The van der Waals surface area contributed by atoms with Gasteiger partial charge in [0.05, 0.1) is 11.2 Å². The van der Waals surface area contributed by atoms with Gasteiger partial charge in [-0.2, -0.15) is 5.10 Å². The average molecular weight is 391 g/mol. The molecule has 136 valence electrons. The second-order valence-electron chi connectivity index (χ2n) is 7.40. The monoisotopic (exact) mass is 390 g/mol. The molecular formula is C20H20Cl2N2O2. The molecule has 2 saturated carbocycles. The van der Waals surface area contributed by atoms with E-state index in [2.05, 4.69) is 17.5 Å². The molecule has 2 aliphatic carbocycles. The Bertz CT molecular complexity index is 876. The van der Waals surface area contributed by atoms with Crippen molar-refractivity contribution in [3.05, 3.63) is 46.1 Å². The van der Waals surface area contributed by atoms with Gasteiger partial charge in [0.15, 0.2) is 0 Å². The zero-order valence-electron chi connectivity index (χ0n) is 14.5. The van der Waals surface area contributed by atoms with Crippen LogP contribution in [0.2, 0.25) is 10.0 Å². The van der Waals surface area contributed by atoms with Crippen molar-refractivity contribution in [3.63, 3.8) is 0 Å². The summed E-state index contributed by atoms with van der Waals surface area (Å²) in [6.07, 6.45) is 6.27.